The van der Waals surface area contributed by atoms with Gasteiger partial charge < -0.3 is 0 Å². The number of hydrogen-bond acceptors (Lipinski definition) is 0. The Bertz CT molecular complexity index is 352. The standard InChI is InChI=1S/C19H33B/c1-4-16-17-11-13(19(17,2)3)12-18(16)20-14-7-5-8-15(20)10-6-9-14/h13-18H,4-12H2,1-3H3/t13-,14?,15?,16?,17+,18+/m0/s1. The molecule has 2 aliphatic heterocycles. The summed E-state index contributed by atoms with van der Waals surface area (Å²) >= 11 is 0. The van der Waals surface area contributed by atoms with Crippen molar-refractivity contribution in [3.8, 4) is 0 Å². The first-order chi connectivity index (χ1) is 9.63. The minimum atomic E-state index is 0.682. The summed E-state index contributed by atoms with van der Waals surface area (Å²) in [6, 6.07) is 0. The highest BCUT2D eigenvalue weighted by Gasteiger charge is 2.60. The minimum Gasteiger partial charge on any atom is -0.0651 e. The van der Waals surface area contributed by atoms with Gasteiger partial charge in [-0.25, -0.2) is 0 Å². The zero-order valence-corrected chi connectivity index (χ0v) is 13.9. The Morgan fingerprint density at radius 3 is 2.05 bits per heavy atom. The first-order valence-corrected chi connectivity index (χ1v) is 9.63. The second-order valence-electron chi connectivity index (χ2n) is 9.29. The Balaban J connectivity index is 1.59. The number of fused-ring (bicyclic) bond motifs is 5. The highest BCUT2D eigenvalue weighted by molar-refractivity contribution is 6.64. The molecule has 5 rings (SSSR count). The third kappa shape index (κ3) is 1.80. The van der Waals surface area contributed by atoms with E-state index in [9.17, 15) is 0 Å². The molecular weight excluding hydrogens is 239 g/mol. The van der Waals surface area contributed by atoms with Crippen molar-refractivity contribution in [3.05, 3.63) is 0 Å². The van der Waals surface area contributed by atoms with Crippen LogP contribution in [0.25, 0.3) is 0 Å². The molecule has 0 nitrogen and oxygen atoms in total. The van der Waals surface area contributed by atoms with Gasteiger partial charge in [0.25, 0.3) is 0 Å². The SMILES string of the molecule is CCC1[C@H]2C[C@@H](C[C@H]1B1C3CCCC1CCC3)C2(C)C. The molecule has 20 heavy (non-hydrogen) atoms. The molecule has 0 N–H and O–H groups in total. The topological polar surface area (TPSA) is 0 Å². The molecule has 1 unspecified atom stereocenters. The minimum absolute atomic E-state index is 0.682. The fourth-order valence-electron chi connectivity index (χ4n) is 7.44. The third-order valence-electron chi connectivity index (χ3n) is 8.52. The van der Waals surface area contributed by atoms with Crippen LogP contribution >= 0.6 is 0 Å². The molecule has 1 heteroatoms. The van der Waals surface area contributed by atoms with E-state index in [4.69, 9.17) is 0 Å². The van der Waals surface area contributed by atoms with Crippen LogP contribution in [0.4, 0.5) is 0 Å². The first-order valence-electron chi connectivity index (χ1n) is 9.63. The average Bonchev–Trinajstić information content (AvgIpc) is 2.45. The fraction of sp³-hybridized carbons (Fsp3) is 1.00. The van der Waals surface area contributed by atoms with E-state index in [1.807, 2.05) is 0 Å². The van der Waals surface area contributed by atoms with Crippen molar-refractivity contribution in [2.75, 3.05) is 0 Å². The molecule has 4 bridgehead atoms. The van der Waals surface area contributed by atoms with Gasteiger partial charge in [-0.05, 0) is 29.6 Å². The highest BCUT2D eigenvalue weighted by Crippen LogP contribution is 2.68. The van der Waals surface area contributed by atoms with Gasteiger partial charge in [0.05, 0.1) is 0 Å². The van der Waals surface area contributed by atoms with Gasteiger partial charge in [-0.2, -0.15) is 0 Å². The van der Waals surface area contributed by atoms with Crippen LogP contribution in [0, 0.1) is 23.2 Å². The molecular formula is C19H33B. The molecule has 5 aliphatic rings. The molecule has 5 fully saturated rings. The fourth-order valence-corrected chi connectivity index (χ4v) is 7.44. The van der Waals surface area contributed by atoms with E-state index in [2.05, 4.69) is 20.8 Å². The van der Waals surface area contributed by atoms with Crippen LogP contribution in [0.5, 0.6) is 0 Å². The summed E-state index contributed by atoms with van der Waals surface area (Å²) < 4.78 is 0. The van der Waals surface area contributed by atoms with Crippen molar-refractivity contribution in [1.29, 1.82) is 0 Å². The lowest BCUT2D eigenvalue weighted by molar-refractivity contribution is -0.106. The van der Waals surface area contributed by atoms with Crippen molar-refractivity contribution in [2.45, 2.75) is 96.0 Å². The molecule has 3 aliphatic carbocycles. The predicted molar refractivity (Wildman–Crippen MR) is 88.5 cm³/mol. The molecule has 0 spiro atoms. The first kappa shape index (κ1) is 13.7. The average molecular weight is 272 g/mol. The molecule has 2 heterocycles. The Labute approximate surface area is 126 Å². The molecule has 4 atom stereocenters. The van der Waals surface area contributed by atoms with Gasteiger partial charge in [-0.15, -0.1) is 0 Å². The Morgan fingerprint density at radius 1 is 0.950 bits per heavy atom. The van der Waals surface area contributed by atoms with Crippen molar-refractivity contribution < 1.29 is 0 Å². The molecule has 112 valence electrons. The number of hydrogen-bond donors (Lipinski definition) is 0. The lowest BCUT2D eigenvalue weighted by Gasteiger charge is -2.65. The quantitative estimate of drug-likeness (QED) is 0.536. The second-order valence-corrected chi connectivity index (χ2v) is 9.29. The normalized spacial score (nSPS) is 49.6. The maximum atomic E-state index is 2.58. The predicted octanol–water partition coefficient (Wildman–Crippen LogP) is 6.05. The Morgan fingerprint density at radius 2 is 1.55 bits per heavy atom. The van der Waals surface area contributed by atoms with Gasteiger partial charge >= 0.3 is 0 Å². The van der Waals surface area contributed by atoms with E-state index >= 15 is 0 Å². The van der Waals surface area contributed by atoms with Gasteiger partial charge in [0.2, 0.25) is 0 Å². The Hall–Kier alpha value is 0.0649. The molecule has 0 aromatic heterocycles. The summed E-state index contributed by atoms with van der Waals surface area (Å²) in [7, 11) is 0. The summed E-state index contributed by atoms with van der Waals surface area (Å²) in [5.74, 6) is 6.58. The zero-order chi connectivity index (χ0) is 13.9. The van der Waals surface area contributed by atoms with Gasteiger partial charge in [-0.1, -0.05) is 89.6 Å². The lowest BCUT2D eigenvalue weighted by atomic mass is 9.18. The van der Waals surface area contributed by atoms with Gasteiger partial charge in [-0.3, -0.25) is 0 Å². The molecule has 2 saturated heterocycles. The molecule has 0 aromatic rings. The van der Waals surface area contributed by atoms with E-state index < -0.39 is 0 Å². The van der Waals surface area contributed by atoms with Crippen molar-refractivity contribution in [3.63, 3.8) is 0 Å². The lowest BCUT2D eigenvalue weighted by Crippen LogP contribution is -2.58. The van der Waals surface area contributed by atoms with Gasteiger partial charge in [0, 0.05) is 0 Å². The Kier molecular flexibility index (Phi) is 3.28. The summed E-state index contributed by atoms with van der Waals surface area (Å²) in [5, 5.41) is 0. The summed E-state index contributed by atoms with van der Waals surface area (Å²) in [4.78, 5) is 0. The van der Waals surface area contributed by atoms with Crippen LogP contribution in [0.1, 0.15) is 78.6 Å². The summed E-state index contributed by atoms with van der Waals surface area (Å²) in [6.45, 7) is 8.79. The van der Waals surface area contributed by atoms with E-state index in [0.717, 1.165) is 41.9 Å². The third-order valence-corrected chi connectivity index (χ3v) is 8.52. The van der Waals surface area contributed by atoms with Gasteiger partial charge in [0.1, 0.15) is 6.71 Å². The maximum Gasteiger partial charge on any atom is 0.149 e. The second kappa shape index (κ2) is 4.78. The molecule has 3 saturated carbocycles. The number of rotatable bonds is 2. The summed E-state index contributed by atoms with van der Waals surface area (Å²) in [5.41, 5.74) is 0.682. The molecule has 0 radical (unpaired) electrons. The smallest absolute Gasteiger partial charge is 0.0651 e. The van der Waals surface area contributed by atoms with Crippen LogP contribution in [-0.4, -0.2) is 6.71 Å². The highest BCUT2D eigenvalue weighted by atomic mass is 14.6. The van der Waals surface area contributed by atoms with E-state index in [1.165, 1.54) is 6.42 Å². The zero-order valence-electron chi connectivity index (χ0n) is 13.9. The molecule has 0 amide bonds. The van der Waals surface area contributed by atoms with Crippen molar-refractivity contribution in [2.24, 2.45) is 23.2 Å². The largest absolute Gasteiger partial charge is 0.149 e. The van der Waals surface area contributed by atoms with Crippen LogP contribution in [-0.2, 0) is 0 Å². The van der Waals surface area contributed by atoms with E-state index in [1.54, 1.807) is 51.4 Å². The maximum absolute atomic E-state index is 2.58. The van der Waals surface area contributed by atoms with E-state index in [0.29, 0.717) is 5.41 Å². The van der Waals surface area contributed by atoms with Crippen LogP contribution in [0.2, 0.25) is 17.5 Å². The van der Waals surface area contributed by atoms with Crippen LogP contribution < -0.4 is 0 Å². The monoisotopic (exact) mass is 272 g/mol. The van der Waals surface area contributed by atoms with Crippen molar-refractivity contribution >= 4 is 6.71 Å². The van der Waals surface area contributed by atoms with Crippen molar-refractivity contribution in [1.82, 2.24) is 0 Å². The molecule has 0 aromatic carbocycles. The van der Waals surface area contributed by atoms with E-state index in [-0.39, 0.29) is 0 Å². The van der Waals surface area contributed by atoms with Crippen LogP contribution in [0.3, 0.4) is 0 Å². The summed E-state index contributed by atoms with van der Waals surface area (Å²) in [6.07, 6.45) is 14.0. The van der Waals surface area contributed by atoms with Gasteiger partial charge in [0.15, 0.2) is 0 Å². The van der Waals surface area contributed by atoms with Crippen LogP contribution in [0.15, 0.2) is 0 Å².